The Morgan fingerprint density at radius 1 is 0.679 bits per heavy atom. The van der Waals surface area contributed by atoms with Crippen molar-refractivity contribution in [2.75, 3.05) is 4.90 Å². The first-order valence-electron chi connectivity index (χ1n) is 19.1. The average Bonchev–Trinajstić information content (AvgIpc) is 3.62. The van der Waals surface area contributed by atoms with Gasteiger partial charge in [0.1, 0.15) is 11.3 Å². The van der Waals surface area contributed by atoms with Crippen LogP contribution in [0, 0.1) is 0 Å². The Labute approximate surface area is 328 Å². The van der Waals surface area contributed by atoms with Crippen molar-refractivity contribution in [3.8, 4) is 11.1 Å². The molecule has 0 aliphatic heterocycles. The number of furan rings is 1. The van der Waals surface area contributed by atoms with Crippen LogP contribution in [0.15, 0.2) is 212 Å². The van der Waals surface area contributed by atoms with Gasteiger partial charge in [0.15, 0.2) is 0 Å². The number of rotatable bonds is 10. The highest BCUT2D eigenvalue weighted by Gasteiger charge is 2.25. The lowest BCUT2D eigenvalue weighted by atomic mass is 9.90. The first kappa shape index (κ1) is 34.6. The van der Waals surface area contributed by atoms with Crippen molar-refractivity contribution < 1.29 is 4.42 Å². The van der Waals surface area contributed by atoms with Crippen molar-refractivity contribution in [2.45, 2.75) is 12.3 Å². The molecule has 0 spiro atoms. The summed E-state index contributed by atoms with van der Waals surface area (Å²) in [6.07, 6.45) is 15.6. The van der Waals surface area contributed by atoms with Crippen LogP contribution in [0.3, 0.4) is 0 Å². The van der Waals surface area contributed by atoms with Crippen LogP contribution in [0.5, 0.6) is 0 Å². The number of hydrogen-bond donors (Lipinski definition) is 0. The van der Waals surface area contributed by atoms with Crippen LogP contribution < -0.4 is 4.90 Å². The van der Waals surface area contributed by atoms with Gasteiger partial charge in [0.2, 0.25) is 0 Å². The van der Waals surface area contributed by atoms with Crippen LogP contribution in [-0.4, -0.2) is 0 Å². The molecular weight excluding hydrogens is 679 g/mol. The molecule has 1 aromatic heterocycles. The van der Waals surface area contributed by atoms with Crippen molar-refractivity contribution >= 4 is 61.6 Å². The van der Waals surface area contributed by atoms with Gasteiger partial charge in [-0.3, -0.25) is 0 Å². The van der Waals surface area contributed by atoms with E-state index in [2.05, 4.69) is 195 Å². The number of allylic oxidation sites excluding steroid dienone is 5. The molecule has 2 heteroatoms. The molecule has 8 aromatic rings. The molecule has 0 saturated carbocycles. The summed E-state index contributed by atoms with van der Waals surface area (Å²) in [6.45, 7) is 12.7. The molecule has 1 aliphatic carbocycles. The van der Waals surface area contributed by atoms with Crippen LogP contribution in [0.2, 0.25) is 0 Å². The van der Waals surface area contributed by atoms with Gasteiger partial charge in [-0.25, -0.2) is 0 Å². The Morgan fingerprint density at radius 3 is 2.23 bits per heavy atom. The first-order chi connectivity index (χ1) is 27.6. The molecule has 0 fully saturated rings. The maximum Gasteiger partial charge on any atom is 0.135 e. The van der Waals surface area contributed by atoms with Crippen molar-refractivity contribution in [1.82, 2.24) is 0 Å². The van der Waals surface area contributed by atoms with Crippen LogP contribution in [0.1, 0.15) is 40.4 Å². The number of hydrogen-bond acceptors (Lipinski definition) is 2. The summed E-state index contributed by atoms with van der Waals surface area (Å²) in [6, 6.07) is 53.8. The predicted molar refractivity (Wildman–Crippen MR) is 240 cm³/mol. The second kappa shape index (κ2) is 14.9. The van der Waals surface area contributed by atoms with E-state index in [0.29, 0.717) is 0 Å². The summed E-state index contributed by atoms with van der Waals surface area (Å²) in [7, 11) is 0. The molecule has 1 unspecified atom stereocenters. The van der Waals surface area contributed by atoms with Crippen LogP contribution in [-0.2, 0) is 0 Å². The summed E-state index contributed by atoms with van der Waals surface area (Å²) in [4.78, 5) is 2.35. The third kappa shape index (κ3) is 6.42. The molecular formula is C54H41NO. The molecule has 9 rings (SSSR count). The van der Waals surface area contributed by atoms with Crippen LogP contribution in [0.25, 0.3) is 61.4 Å². The summed E-state index contributed by atoms with van der Waals surface area (Å²) in [5, 5.41) is 5.96. The SMILES string of the molecule is C=C/C=C\C(=C\C1CC=Cc2c1oc1cc3ccccc3cc21)N(c1cccc(C(=C)c2ccccc2C=C)c1)c1cccc(-c2cccc3ccccc23)c1. The molecule has 56 heavy (non-hydrogen) atoms. The van der Waals surface area contributed by atoms with E-state index in [9.17, 15) is 0 Å². The number of fused-ring (bicyclic) bond motifs is 5. The summed E-state index contributed by atoms with van der Waals surface area (Å²) in [5.41, 5.74) is 11.5. The normalized spacial score (nSPS) is 14.0. The fourth-order valence-electron chi connectivity index (χ4n) is 8.10. The van der Waals surface area contributed by atoms with Gasteiger partial charge in [0.25, 0.3) is 0 Å². The smallest absolute Gasteiger partial charge is 0.135 e. The van der Waals surface area contributed by atoms with Gasteiger partial charge in [0.05, 0.1) is 0 Å². The van der Waals surface area contributed by atoms with Crippen molar-refractivity contribution in [3.05, 3.63) is 235 Å². The lowest BCUT2D eigenvalue weighted by molar-refractivity contribution is 0.522. The molecule has 7 aromatic carbocycles. The van der Waals surface area contributed by atoms with Crippen LogP contribution >= 0.6 is 0 Å². The minimum absolute atomic E-state index is 0.00339. The third-order valence-electron chi connectivity index (χ3n) is 10.8. The third-order valence-corrected chi connectivity index (χ3v) is 10.8. The van der Waals surface area contributed by atoms with Gasteiger partial charge < -0.3 is 9.32 Å². The summed E-state index contributed by atoms with van der Waals surface area (Å²) in [5.74, 6) is 0.978. The van der Waals surface area contributed by atoms with Crippen molar-refractivity contribution in [2.24, 2.45) is 0 Å². The summed E-state index contributed by atoms with van der Waals surface area (Å²) >= 11 is 0. The molecule has 0 amide bonds. The zero-order valence-corrected chi connectivity index (χ0v) is 31.2. The second-order valence-corrected chi connectivity index (χ2v) is 14.2. The Balaban J connectivity index is 1.22. The van der Waals surface area contributed by atoms with Gasteiger partial charge >= 0.3 is 0 Å². The second-order valence-electron chi connectivity index (χ2n) is 14.2. The lowest BCUT2D eigenvalue weighted by Gasteiger charge is -2.29. The van der Waals surface area contributed by atoms with Gasteiger partial charge in [-0.15, -0.1) is 0 Å². The van der Waals surface area contributed by atoms with E-state index < -0.39 is 0 Å². The highest BCUT2D eigenvalue weighted by Crippen LogP contribution is 2.43. The van der Waals surface area contributed by atoms with Crippen molar-refractivity contribution in [3.63, 3.8) is 0 Å². The molecule has 0 bridgehead atoms. The summed E-state index contributed by atoms with van der Waals surface area (Å²) < 4.78 is 6.77. The fraction of sp³-hybridized carbons (Fsp3) is 0.0370. The molecule has 2 nitrogen and oxygen atoms in total. The standard InChI is InChI=1S/C54H41NO/c1-4-6-25-45(34-44-24-16-31-51-52-35-41-19-7-8-20-42(41)36-53(52)56-54(44)51)55(46-26-13-22-40(32-46)37(3)48-28-11-9-17-38(48)5-2)47-27-14-23-43(33-47)50-30-15-21-39-18-10-12-29-49(39)50/h4-23,25-36,44H,1-3,24H2/b25-6-,45-34-. The Kier molecular flexibility index (Phi) is 9.23. The van der Waals surface area contributed by atoms with Gasteiger partial charge in [-0.2, -0.15) is 0 Å². The first-order valence-corrected chi connectivity index (χ1v) is 19.1. The molecule has 1 aliphatic rings. The van der Waals surface area contributed by atoms with E-state index in [4.69, 9.17) is 4.42 Å². The van der Waals surface area contributed by atoms with E-state index in [-0.39, 0.29) is 5.92 Å². The number of benzene rings is 7. The Bertz CT molecular complexity index is 2910. The average molecular weight is 720 g/mol. The highest BCUT2D eigenvalue weighted by atomic mass is 16.3. The molecule has 268 valence electrons. The van der Waals surface area contributed by atoms with Gasteiger partial charge in [-0.1, -0.05) is 165 Å². The monoisotopic (exact) mass is 719 g/mol. The van der Waals surface area contributed by atoms with E-state index in [1.165, 1.54) is 27.1 Å². The predicted octanol–water partition coefficient (Wildman–Crippen LogP) is 15.1. The highest BCUT2D eigenvalue weighted by molar-refractivity contribution is 6.01. The van der Waals surface area contributed by atoms with E-state index in [1.807, 2.05) is 24.3 Å². The van der Waals surface area contributed by atoms with E-state index in [1.54, 1.807) is 0 Å². The number of anilines is 2. The minimum Gasteiger partial charge on any atom is -0.460 e. The van der Waals surface area contributed by atoms with E-state index in [0.717, 1.165) is 73.6 Å². The lowest BCUT2D eigenvalue weighted by Crippen LogP contribution is -2.17. The molecule has 0 radical (unpaired) electrons. The van der Waals surface area contributed by atoms with Gasteiger partial charge in [-0.05, 0) is 110 Å². The zero-order valence-electron chi connectivity index (χ0n) is 31.2. The molecule has 1 heterocycles. The Hall–Kier alpha value is -7.16. The topological polar surface area (TPSA) is 16.4 Å². The quantitative estimate of drug-likeness (QED) is 0.131. The largest absolute Gasteiger partial charge is 0.460 e. The number of nitrogens with zero attached hydrogens (tertiary/aromatic N) is 1. The minimum atomic E-state index is -0.00339. The van der Waals surface area contributed by atoms with E-state index >= 15 is 0 Å². The fourth-order valence-corrected chi connectivity index (χ4v) is 8.10. The van der Waals surface area contributed by atoms with Crippen molar-refractivity contribution in [1.29, 1.82) is 0 Å². The Morgan fingerprint density at radius 2 is 1.39 bits per heavy atom. The molecule has 0 saturated heterocycles. The van der Waals surface area contributed by atoms with Crippen LogP contribution in [0.4, 0.5) is 11.4 Å². The molecule has 0 N–H and O–H groups in total. The molecule has 1 atom stereocenters. The maximum absolute atomic E-state index is 6.77. The zero-order chi connectivity index (χ0) is 38.0. The van der Waals surface area contributed by atoms with Gasteiger partial charge in [0, 0.05) is 33.9 Å². The maximum atomic E-state index is 6.77.